The molecule has 3 aromatic rings. The second-order valence-electron chi connectivity index (χ2n) is 5.26. The maximum Gasteiger partial charge on any atom is 0.409 e. The van der Waals surface area contributed by atoms with Crippen LogP contribution >= 0.6 is 0 Å². The molecule has 1 amide bonds. The first-order valence-electron chi connectivity index (χ1n) is 7.21. The van der Waals surface area contributed by atoms with Gasteiger partial charge in [-0.2, -0.15) is 5.10 Å². The molecular weight excluding hydrogens is 308 g/mol. The zero-order valence-corrected chi connectivity index (χ0v) is 13.2. The Bertz CT molecular complexity index is 873. The molecule has 1 aromatic carbocycles. The van der Waals surface area contributed by atoms with Crippen LogP contribution in [0.25, 0.3) is 11.3 Å². The van der Waals surface area contributed by atoms with Crippen molar-refractivity contribution in [2.45, 2.75) is 6.92 Å². The number of aryl methyl sites for hydroxylation is 2. The standard InChI is InChI=1S/C16H16N6O2/c1-10-7-17-15(19-13-8-18-22(2)9-13)21-14(10)11-3-5-12(6-4-11)20-16(23)24/h3-9,20H,1-2H3,(H,23,24)(H,17,19,21). The molecule has 3 rings (SSSR count). The van der Waals surface area contributed by atoms with Crippen molar-refractivity contribution in [1.29, 1.82) is 0 Å². The second kappa shape index (κ2) is 6.37. The average Bonchev–Trinajstić information content (AvgIpc) is 2.95. The van der Waals surface area contributed by atoms with E-state index in [4.69, 9.17) is 5.11 Å². The fourth-order valence-electron chi connectivity index (χ4n) is 2.24. The molecule has 0 unspecified atom stereocenters. The highest BCUT2D eigenvalue weighted by Gasteiger charge is 2.08. The molecule has 8 nitrogen and oxygen atoms in total. The van der Waals surface area contributed by atoms with E-state index < -0.39 is 6.09 Å². The predicted octanol–water partition coefficient (Wildman–Crippen LogP) is 3.02. The van der Waals surface area contributed by atoms with Crippen molar-refractivity contribution >= 4 is 23.4 Å². The van der Waals surface area contributed by atoms with E-state index in [9.17, 15) is 4.79 Å². The molecule has 2 aromatic heterocycles. The number of rotatable bonds is 4. The van der Waals surface area contributed by atoms with Crippen LogP contribution in [-0.4, -0.2) is 30.9 Å². The van der Waals surface area contributed by atoms with E-state index in [1.807, 2.05) is 32.3 Å². The molecule has 0 fully saturated rings. The molecule has 0 bridgehead atoms. The van der Waals surface area contributed by atoms with Crippen LogP contribution in [0.15, 0.2) is 42.9 Å². The number of aromatic nitrogens is 4. The van der Waals surface area contributed by atoms with Crippen LogP contribution < -0.4 is 10.6 Å². The Kier molecular flexibility index (Phi) is 4.11. The highest BCUT2D eigenvalue weighted by atomic mass is 16.4. The Morgan fingerprint density at radius 1 is 1.17 bits per heavy atom. The number of nitrogens with zero attached hydrogens (tertiary/aromatic N) is 4. The molecule has 0 aliphatic heterocycles. The summed E-state index contributed by atoms with van der Waals surface area (Å²) >= 11 is 0. The van der Waals surface area contributed by atoms with Crippen LogP contribution in [0, 0.1) is 6.92 Å². The van der Waals surface area contributed by atoms with E-state index in [-0.39, 0.29) is 0 Å². The van der Waals surface area contributed by atoms with Crippen LogP contribution in [0.5, 0.6) is 0 Å². The summed E-state index contributed by atoms with van der Waals surface area (Å²) in [6.07, 6.45) is 4.17. The van der Waals surface area contributed by atoms with Gasteiger partial charge in [0.25, 0.3) is 0 Å². The highest BCUT2D eigenvalue weighted by Crippen LogP contribution is 2.24. The summed E-state index contributed by atoms with van der Waals surface area (Å²) in [5.41, 5.74) is 3.88. The van der Waals surface area contributed by atoms with Crippen molar-refractivity contribution in [2.24, 2.45) is 7.05 Å². The van der Waals surface area contributed by atoms with Gasteiger partial charge in [0.15, 0.2) is 0 Å². The molecule has 24 heavy (non-hydrogen) atoms. The molecule has 122 valence electrons. The maximum absolute atomic E-state index is 10.7. The lowest BCUT2D eigenvalue weighted by atomic mass is 10.1. The molecule has 0 radical (unpaired) electrons. The Morgan fingerprint density at radius 3 is 2.54 bits per heavy atom. The van der Waals surface area contributed by atoms with Gasteiger partial charge in [-0.3, -0.25) is 10.00 Å². The van der Waals surface area contributed by atoms with Crippen molar-refractivity contribution < 1.29 is 9.90 Å². The van der Waals surface area contributed by atoms with Crippen LogP contribution in [-0.2, 0) is 7.05 Å². The van der Waals surface area contributed by atoms with Gasteiger partial charge in [-0.1, -0.05) is 12.1 Å². The third kappa shape index (κ3) is 3.49. The lowest BCUT2D eigenvalue weighted by Gasteiger charge is -2.09. The van der Waals surface area contributed by atoms with Gasteiger partial charge >= 0.3 is 6.09 Å². The van der Waals surface area contributed by atoms with Gasteiger partial charge in [0.2, 0.25) is 5.95 Å². The number of anilines is 3. The van der Waals surface area contributed by atoms with Crippen molar-refractivity contribution in [3.63, 3.8) is 0 Å². The number of amides is 1. The SMILES string of the molecule is Cc1cnc(Nc2cnn(C)c2)nc1-c1ccc(NC(=O)O)cc1. The van der Waals surface area contributed by atoms with E-state index in [2.05, 4.69) is 25.7 Å². The summed E-state index contributed by atoms with van der Waals surface area (Å²) in [5.74, 6) is 0.469. The largest absolute Gasteiger partial charge is 0.465 e. The first kappa shape index (κ1) is 15.5. The van der Waals surface area contributed by atoms with Gasteiger partial charge in [0, 0.05) is 30.7 Å². The fraction of sp³-hybridized carbons (Fsp3) is 0.125. The van der Waals surface area contributed by atoms with E-state index in [1.54, 1.807) is 29.2 Å². The Balaban J connectivity index is 1.87. The first-order chi connectivity index (χ1) is 11.5. The summed E-state index contributed by atoms with van der Waals surface area (Å²) in [6, 6.07) is 7.02. The minimum atomic E-state index is -1.09. The van der Waals surface area contributed by atoms with E-state index in [1.165, 1.54) is 0 Å². The van der Waals surface area contributed by atoms with Crippen LogP contribution in [0.2, 0.25) is 0 Å². The Labute approximate surface area is 138 Å². The molecule has 0 spiro atoms. The molecular formula is C16H16N6O2. The molecule has 0 saturated heterocycles. The summed E-state index contributed by atoms with van der Waals surface area (Å²) < 4.78 is 1.69. The zero-order valence-electron chi connectivity index (χ0n) is 13.2. The molecule has 0 saturated carbocycles. The van der Waals surface area contributed by atoms with Crippen molar-refractivity contribution in [2.75, 3.05) is 10.6 Å². The minimum absolute atomic E-state index is 0.469. The molecule has 2 heterocycles. The quantitative estimate of drug-likeness (QED) is 0.681. The van der Waals surface area contributed by atoms with Gasteiger partial charge in [-0.25, -0.2) is 14.8 Å². The van der Waals surface area contributed by atoms with Crippen LogP contribution in [0.3, 0.4) is 0 Å². The Morgan fingerprint density at radius 2 is 1.92 bits per heavy atom. The predicted molar refractivity (Wildman–Crippen MR) is 90.3 cm³/mol. The molecule has 0 atom stereocenters. The molecule has 3 N–H and O–H groups in total. The van der Waals surface area contributed by atoms with Crippen molar-refractivity contribution in [3.05, 3.63) is 48.4 Å². The normalized spacial score (nSPS) is 10.4. The third-order valence-corrected chi connectivity index (χ3v) is 3.34. The molecule has 0 aliphatic carbocycles. The fourth-order valence-corrected chi connectivity index (χ4v) is 2.24. The van der Waals surface area contributed by atoms with Crippen LogP contribution in [0.4, 0.5) is 22.1 Å². The zero-order chi connectivity index (χ0) is 17.1. The number of nitrogens with one attached hydrogen (secondary N) is 2. The smallest absolute Gasteiger partial charge is 0.409 e. The second-order valence-corrected chi connectivity index (χ2v) is 5.26. The first-order valence-corrected chi connectivity index (χ1v) is 7.21. The average molecular weight is 324 g/mol. The van der Waals surface area contributed by atoms with Gasteiger partial charge in [0.05, 0.1) is 17.6 Å². The third-order valence-electron chi connectivity index (χ3n) is 3.34. The number of benzene rings is 1. The minimum Gasteiger partial charge on any atom is -0.465 e. The van der Waals surface area contributed by atoms with Crippen LogP contribution in [0.1, 0.15) is 5.56 Å². The molecule has 0 aliphatic rings. The monoisotopic (exact) mass is 324 g/mol. The van der Waals surface area contributed by atoms with Gasteiger partial charge in [0.1, 0.15) is 0 Å². The number of hydrogen-bond acceptors (Lipinski definition) is 5. The molecule has 8 heteroatoms. The van der Waals surface area contributed by atoms with E-state index in [0.29, 0.717) is 11.6 Å². The Hall–Kier alpha value is -3.42. The van der Waals surface area contributed by atoms with Gasteiger partial charge in [-0.15, -0.1) is 0 Å². The topological polar surface area (TPSA) is 105 Å². The summed E-state index contributed by atoms with van der Waals surface area (Å²) in [4.78, 5) is 19.5. The summed E-state index contributed by atoms with van der Waals surface area (Å²) in [6.45, 7) is 1.92. The van der Waals surface area contributed by atoms with Gasteiger partial charge < -0.3 is 10.4 Å². The van der Waals surface area contributed by atoms with E-state index >= 15 is 0 Å². The van der Waals surface area contributed by atoms with E-state index in [0.717, 1.165) is 22.5 Å². The number of carbonyl (C=O) groups is 1. The summed E-state index contributed by atoms with van der Waals surface area (Å²) in [7, 11) is 1.83. The van der Waals surface area contributed by atoms with Crippen molar-refractivity contribution in [3.8, 4) is 11.3 Å². The highest BCUT2D eigenvalue weighted by molar-refractivity contribution is 5.83. The summed E-state index contributed by atoms with van der Waals surface area (Å²) in [5, 5.41) is 18.2. The van der Waals surface area contributed by atoms with Gasteiger partial charge in [-0.05, 0) is 24.6 Å². The lowest BCUT2D eigenvalue weighted by molar-refractivity contribution is 0.210. The number of hydrogen-bond donors (Lipinski definition) is 3. The van der Waals surface area contributed by atoms with Crippen molar-refractivity contribution in [1.82, 2.24) is 19.7 Å². The number of carboxylic acid groups (broad SMARTS) is 1. The maximum atomic E-state index is 10.7. The lowest BCUT2D eigenvalue weighted by Crippen LogP contribution is -2.06.